The highest BCUT2D eigenvalue weighted by Gasteiger charge is 2.47. The molecule has 2 unspecified atom stereocenters. The zero-order chi connectivity index (χ0) is 15.0. The van der Waals surface area contributed by atoms with Crippen molar-refractivity contribution < 1.29 is 19.4 Å². The number of benzene rings is 1. The van der Waals surface area contributed by atoms with E-state index >= 15 is 0 Å². The van der Waals surface area contributed by atoms with Gasteiger partial charge in [0.25, 0.3) is 11.8 Å². The Morgan fingerprint density at radius 2 is 1.90 bits per heavy atom. The number of imide groups is 1. The van der Waals surface area contributed by atoms with Crippen molar-refractivity contribution in [2.24, 2.45) is 0 Å². The van der Waals surface area contributed by atoms with Crippen LogP contribution in [0.1, 0.15) is 24.0 Å². The van der Waals surface area contributed by atoms with Crippen molar-refractivity contribution in [3.05, 3.63) is 29.3 Å². The van der Waals surface area contributed by atoms with Gasteiger partial charge in [0.1, 0.15) is 18.8 Å². The quantitative estimate of drug-likeness (QED) is 0.611. The van der Waals surface area contributed by atoms with Gasteiger partial charge in [-0.1, -0.05) is 11.8 Å². The van der Waals surface area contributed by atoms with Crippen molar-refractivity contribution >= 4 is 17.5 Å². The molecular formula is C16H15NO4. The van der Waals surface area contributed by atoms with Crippen LogP contribution in [0.5, 0.6) is 0 Å². The highest BCUT2D eigenvalue weighted by atomic mass is 16.5. The number of nitrogens with zero attached hydrogens (tertiary/aromatic N) is 1. The fourth-order valence-electron chi connectivity index (χ4n) is 2.76. The van der Waals surface area contributed by atoms with E-state index < -0.39 is 12.2 Å². The predicted molar refractivity (Wildman–Crippen MR) is 75.5 cm³/mol. The van der Waals surface area contributed by atoms with Crippen LogP contribution in [0.3, 0.4) is 0 Å². The average Bonchev–Trinajstić information content (AvgIpc) is 2.90. The van der Waals surface area contributed by atoms with Gasteiger partial charge in [0, 0.05) is 5.56 Å². The zero-order valence-electron chi connectivity index (χ0n) is 11.6. The van der Waals surface area contributed by atoms with Crippen molar-refractivity contribution in [3.63, 3.8) is 0 Å². The van der Waals surface area contributed by atoms with Crippen molar-refractivity contribution in [3.8, 4) is 11.8 Å². The molecular weight excluding hydrogens is 270 g/mol. The summed E-state index contributed by atoms with van der Waals surface area (Å²) in [6.07, 6.45) is 0.157. The second-order valence-corrected chi connectivity index (χ2v) is 5.22. The van der Waals surface area contributed by atoms with Gasteiger partial charge < -0.3 is 9.84 Å². The molecule has 5 nitrogen and oxygen atoms in total. The third-order valence-corrected chi connectivity index (χ3v) is 3.64. The number of rotatable bonds is 1. The number of aliphatic hydroxyl groups excluding tert-OH is 1. The van der Waals surface area contributed by atoms with E-state index in [9.17, 15) is 9.59 Å². The minimum atomic E-state index is -0.514. The largest absolute Gasteiger partial charge is 0.384 e. The molecule has 0 aromatic heterocycles. The molecule has 2 aliphatic heterocycles. The normalized spacial score (nSPS) is 24.0. The monoisotopic (exact) mass is 285 g/mol. The van der Waals surface area contributed by atoms with Crippen LogP contribution < -0.4 is 4.90 Å². The molecule has 5 heteroatoms. The molecule has 2 aliphatic rings. The summed E-state index contributed by atoms with van der Waals surface area (Å²) in [6, 6.07) is 5.32. The van der Waals surface area contributed by atoms with Crippen LogP contribution in [0, 0.1) is 18.8 Å². The van der Waals surface area contributed by atoms with Gasteiger partial charge in [0.15, 0.2) is 0 Å². The molecule has 108 valence electrons. The van der Waals surface area contributed by atoms with E-state index in [0.29, 0.717) is 24.1 Å². The Hall–Kier alpha value is -2.16. The Bertz CT molecular complexity index is 649. The van der Waals surface area contributed by atoms with Gasteiger partial charge in [-0.2, -0.15) is 0 Å². The van der Waals surface area contributed by atoms with Crippen LogP contribution >= 0.6 is 0 Å². The molecule has 0 aliphatic carbocycles. The summed E-state index contributed by atoms with van der Waals surface area (Å²) >= 11 is 0. The van der Waals surface area contributed by atoms with Crippen molar-refractivity contribution in [2.75, 3.05) is 11.5 Å². The number of amides is 2. The number of ether oxygens (including phenoxy) is 1. The molecule has 0 radical (unpaired) electrons. The Morgan fingerprint density at radius 1 is 1.24 bits per heavy atom. The molecule has 21 heavy (non-hydrogen) atoms. The van der Waals surface area contributed by atoms with Crippen LogP contribution in [0.15, 0.2) is 18.2 Å². The minimum Gasteiger partial charge on any atom is -0.384 e. The molecule has 2 amide bonds. The summed E-state index contributed by atoms with van der Waals surface area (Å²) < 4.78 is 5.40. The molecule has 2 heterocycles. The molecule has 1 aromatic carbocycles. The van der Waals surface area contributed by atoms with Gasteiger partial charge in [-0.05, 0) is 43.5 Å². The number of morpholine rings is 1. The molecule has 1 N–H and O–H groups in total. The van der Waals surface area contributed by atoms with E-state index in [1.54, 1.807) is 12.1 Å². The topological polar surface area (TPSA) is 66.8 Å². The maximum Gasteiger partial charge on any atom is 0.262 e. The first-order valence-corrected chi connectivity index (χ1v) is 6.85. The van der Waals surface area contributed by atoms with Gasteiger partial charge >= 0.3 is 0 Å². The van der Waals surface area contributed by atoms with Gasteiger partial charge in [-0.25, -0.2) is 4.90 Å². The summed E-state index contributed by atoms with van der Waals surface area (Å²) in [6.45, 7) is 1.64. The third-order valence-electron chi connectivity index (χ3n) is 3.64. The van der Waals surface area contributed by atoms with E-state index in [2.05, 4.69) is 11.8 Å². The summed E-state index contributed by atoms with van der Waals surface area (Å²) in [5.41, 5.74) is 2.08. The highest BCUT2D eigenvalue weighted by molar-refractivity contribution is 6.19. The number of fused-ring (bicyclic) bond motifs is 2. The van der Waals surface area contributed by atoms with Crippen LogP contribution in [0.2, 0.25) is 0 Å². The Morgan fingerprint density at radius 3 is 2.52 bits per heavy atom. The predicted octanol–water partition coefficient (Wildman–Crippen LogP) is 0.760. The van der Waals surface area contributed by atoms with Crippen LogP contribution in [0.25, 0.3) is 0 Å². The summed E-state index contributed by atoms with van der Waals surface area (Å²) in [5.74, 6) is 4.76. The van der Waals surface area contributed by atoms with E-state index in [1.165, 1.54) is 4.90 Å². The lowest BCUT2D eigenvalue weighted by atomic mass is 10.1. The van der Waals surface area contributed by atoms with Crippen LogP contribution in [-0.2, 0) is 14.3 Å². The SMILES string of the molecule is Cc1cc(C#CCO)cc(N2C(=O)C3CCC(O3)C2=O)c1. The van der Waals surface area contributed by atoms with Gasteiger partial charge in [-0.15, -0.1) is 0 Å². The fraction of sp³-hybridized carbons (Fsp3) is 0.375. The van der Waals surface area contributed by atoms with Gasteiger partial charge in [0.05, 0.1) is 5.69 Å². The van der Waals surface area contributed by atoms with Gasteiger partial charge in [-0.3, -0.25) is 9.59 Å². The maximum atomic E-state index is 12.3. The molecule has 3 rings (SSSR count). The average molecular weight is 285 g/mol. The standard InChI is InChI=1S/C16H15NO4/c1-10-7-11(3-2-6-18)9-12(8-10)17-15(19)13-4-5-14(21-13)16(17)20/h7-9,13-14,18H,4-6H2,1H3. The van der Waals surface area contributed by atoms with E-state index in [0.717, 1.165) is 5.56 Å². The summed E-state index contributed by atoms with van der Waals surface area (Å²) in [4.78, 5) is 25.9. The number of carbonyl (C=O) groups is 2. The summed E-state index contributed by atoms with van der Waals surface area (Å²) in [5, 5.41) is 8.77. The molecule has 0 saturated carbocycles. The van der Waals surface area contributed by atoms with E-state index in [4.69, 9.17) is 9.84 Å². The molecule has 2 bridgehead atoms. The smallest absolute Gasteiger partial charge is 0.262 e. The Labute approximate surface area is 122 Å². The molecule has 2 atom stereocenters. The minimum absolute atomic E-state index is 0.233. The molecule has 1 aromatic rings. The number of carbonyl (C=O) groups excluding carboxylic acids is 2. The van der Waals surface area contributed by atoms with E-state index in [1.807, 2.05) is 13.0 Å². The second kappa shape index (κ2) is 5.32. The lowest BCUT2D eigenvalue weighted by Gasteiger charge is -2.30. The summed E-state index contributed by atoms with van der Waals surface area (Å²) in [7, 11) is 0. The Kier molecular flexibility index (Phi) is 3.50. The Balaban J connectivity index is 2.01. The van der Waals surface area contributed by atoms with Crippen LogP contribution in [-0.4, -0.2) is 35.7 Å². The molecule has 2 fully saturated rings. The van der Waals surface area contributed by atoms with Crippen molar-refractivity contribution in [1.29, 1.82) is 0 Å². The highest BCUT2D eigenvalue weighted by Crippen LogP contribution is 2.32. The maximum absolute atomic E-state index is 12.3. The van der Waals surface area contributed by atoms with Gasteiger partial charge in [0.2, 0.25) is 0 Å². The lowest BCUT2D eigenvalue weighted by molar-refractivity contribution is -0.146. The zero-order valence-corrected chi connectivity index (χ0v) is 11.6. The first-order chi connectivity index (χ1) is 10.1. The molecule has 2 saturated heterocycles. The fourth-order valence-corrected chi connectivity index (χ4v) is 2.76. The lowest BCUT2D eigenvalue weighted by Crippen LogP contribution is -2.52. The third kappa shape index (κ3) is 2.44. The number of aryl methyl sites for hydroxylation is 1. The first kappa shape index (κ1) is 13.8. The first-order valence-electron chi connectivity index (χ1n) is 6.85. The number of aliphatic hydroxyl groups is 1. The number of hydrogen-bond donors (Lipinski definition) is 1. The molecule has 0 spiro atoms. The van der Waals surface area contributed by atoms with Crippen molar-refractivity contribution in [1.82, 2.24) is 0 Å². The van der Waals surface area contributed by atoms with E-state index in [-0.39, 0.29) is 18.4 Å². The second-order valence-electron chi connectivity index (χ2n) is 5.22. The van der Waals surface area contributed by atoms with Crippen LogP contribution in [0.4, 0.5) is 5.69 Å². The number of hydrogen-bond acceptors (Lipinski definition) is 4. The number of anilines is 1. The van der Waals surface area contributed by atoms with Crippen molar-refractivity contribution in [2.45, 2.75) is 32.0 Å².